The van der Waals surface area contributed by atoms with Gasteiger partial charge in [-0.3, -0.25) is 4.68 Å². The monoisotopic (exact) mass is 522 g/mol. The molecule has 0 saturated heterocycles. The van der Waals surface area contributed by atoms with E-state index in [9.17, 15) is 0 Å². The molecule has 0 saturated carbocycles. The van der Waals surface area contributed by atoms with E-state index in [1.165, 1.54) is 0 Å². The van der Waals surface area contributed by atoms with E-state index < -0.39 is 0 Å². The lowest BCUT2D eigenvalue weighted by Gasteiger charge is -2.10. The maximum Gasteiger partial charge on any atom is 0.176 e. The highest BCUT2D eigenvalue weighted by Gasteiger charge is 2.11. The second-order valence-electron chi connectivity index (χ2n) is 5.50. The summed E-state index contributed by atoms with van der Waals surface area (Å²) in [5.41, 5.74) is 1.57. The van der Waals surface area contributed by atoms with E-state index in [1.807, 2.05) is 12.3 Å². The number of halogens is 5. The molecule has 2 N–H and O–H groups in total. The summed E-state index contributed by atoms with van der Waals surface area (Å²) in [5.74, 6) is 0.561. The number of nitrogens with one attached hydrogen (secondary N) is 2. The number of hydrogen-bond donors (Lipinski definition) is 2. The molecule has 0 atom stereocenters. The van der Waals surface area contributed by atoms with Gasteiger partial charge in [-0.1, -0.05) is 52.5 Å². The number of benzene rings is 2. The Labute approximate surface area is 189 Å². The van der Waals surface area contributed by atoms with Crippen LogP contribution in [0.3, 0.4) is 0 Å². The van der Waals surface area contributed by atoms with Gasteiger partial charge in [0.2, 0.25) is 0 Å². The number of nitrogens with zero attached hydrogens (tertiary/aromatic N) is 2. The van der Waals surface area contributed by atoms with Crippen LogP contribution in [0.15, 0.2) is 47.1 Å². The molecule has 0 amide bonds. The molecule has 0 fully saturated rings. The van der Waals surface area contributed by atoms with Crippen LogP contribution in [0.5, 0.6) is 0 Å². The van der Waals surface area contributed by atoms with Crippen LogP contribution in [-0.4, -0.2) is 14.9 Å². The first-order valence-corrected chi connectivity index (χ1v) is 10.2. The minimum atomic E-state index is 0.351. The Morgan fingerprint density at radius 3 is 2.37 bits per heavy atom. The molecule has 1 heterocycles. The number of aromatic nitrogens is 2. The van der Waals surface area contributed by atoms with Crippen LogP contribution in [0.25, 0.3) is 0 Å². The summed E-state index contributed by atoms with van der Waals surface area (Å²) in [5, 5.41) is 13.1. The third-order valence-corrected chi connectivity index (χ3v) is 5.22. The highest BCUT2D eigenvalue weighted by Crippen LogP contribution is 2.26. The maximum atomic E-state index is 6.22. The number of anilines is 2. The van der Waals surface area contributed by atoms with E-state index >= 15 is 0 Å². The van der Waals surface area contributed by atoms with Crippen molar-refractivity contribution in [2.24, 2.45) is 0 Å². The molecule has 0 unspecified atom stereocenters. The second-order valence-corrected chi connectivity index (χ2v) is 8.48. The van der Waals surface area contributed by atoms with Crippen molar-refractivity contribution in [1.82, 2.24) is 9.78 Å². The molecule has 27 heavy (non-hydrogen) atoms. The standard InChI is InChI=1S/C17H11BrCl4N4S/c18-14-8-26(7-9-1-2-10(19)6-15(9)22)25-16(14)24-17(27)23-13-4-11(20)3-12(21)5-13/h1-6,8H,7H2,(H2,23,24,25,27). The third kappa shape index (κ3) is 5.73. The van der Waals surface area contributed by atoms with Crippen LogP contribution in [0.2, 0.25) is 20.1 Å². The van der Waals surface area contributed by atoms with Gasteiger partial charge in [-0.2, -0.15) is 5.10 Å². The van der Waals surface area contributed by atoms with Crippen molar-refractivity contribution in [2.75, 3.05) is 10.6 Å². The van der Waals surface area contributed by atoms with E-state index in [4.69, 9.17) is 58.6 Å². The fourth-order valence-corrected chi connectivity index (χ4v) is 3.91. The van der Waals surface area contributed by atoms with Gasteiger partial charge in [0.05, 0.1) is 11.0 Å². The van der Waals surface area contributed by atoms with Gasteiger partial charge < -0.3 is 10.6 Å². The molecule has 10 heteroatoms. The molecule has 4 nitrogen and oxygen atoms in total. The van der Waals surface area contributed by atoms with E-state index in [-0.39, 0.29) is 0 Å². The summed E-state index contributed by atoms with van der Waals surface area (Å²) in [6.45, 7) is 0.486. The molecular formula is C17H11BrCl4N4S. The molecule has 140 valence electrons. The smallest absolute Gasteiger partial charge is 0.176 e. The highest BCUT2D eigenvalue weighted by atomic mass is 79.9. The molecule has 0 radical (unpaired) electrons. The van der Waals surface area contributed by atoms with Crippen LogP contribution < -0.4 is 10.6 Å². The van der Waals surface area contributed by atoms with E-state index in [0.29, 0.717) is 43.3 Å². The predicted molar refractivity (Wildman–Crippen MR) is 122 cm³/mol. The highest BCUT2D eigenvalue weighted by molar-refractivity contribution is 9.10. The first kappa shape index (κ1) is 20.7. The Balaban J connectivity index is 1.69. The summed E-state index contributed by atoms with van der Waals surface area (Å²) in [4.78, 5) is 0. The summed E-state index contributed by atoms with van der Waals surface area (Å²) < 4.78 is 2.49. The molecule has 1 aromatic heterocycles. The van der Waals surface area contributed by atoms with Gasteiger partial charge in [0.15, 0.2) is 10.9 Å². The zero-order valence-corrected chi connectivity index (χ0v) is 18.9. The van der Waals surface area contributed by atoms with Gasteiger partial charge in [0.1, 0.15) is 0 Å². The molecule has 0 spiro atoms. The van der Waals surface area contributed by atoms with Gasteiger partial charge in [-0.15, -0.1) is 0 Å². The van der Waals surface area contributed by atoms with Crippen LogP contribution in [0.4, 0.5) is 11.5 Å². The zero-order valence-electron chi connectivity index (χ0n) is 13.4. The summed E-state index contributed by atoms with van der Waals surface area (Å²) >= 11 is 32.9. The van der Waals surface area contributed by atoms with Crippen LogP contribution in [0, 0.1) is 0 Å². The fourth-order valence-electron chi connectivity index (χ4n) is 2.28. The van der Waals surface area contributed by atoms with Gasteiger partial charge in [0.25, 0.3) is 0 Å². The topological polar surface area (TPSA) is 41.9 Å². The lowest BCUT2D eigenvalue weighted by atomic mass is 10.2. The normalized spacial score (nSPS) is 10.7. The van der Waals surface area contributed by atoms with Gasteiger partial charge >= 0.3 is 0 Å². The molecule has 3 aromatic rings. The minimum absolute atomic E-state index is 0.351. The van der Waals surface area contributed by atoms with Crippen molar-refractivity contribution < 1.29 is 0 Å². The average Bonchev–Trinajstić information content (AvgIpc) is 2.88. The van der Waals surface area contributed by atoms with Crippen molar-refractivity contribution in [1.29, 1.82) is 0 Å². The Morgan fingerprint density at radius 1 is 1.00 bits per heavy atom. The van der Waals surface area contributed by atoms with Crippen molar-refractivity contribution in [3.63, 3.8) is 0 Å². The van der Waals surface area contributed by atoms with Crippen LogP contribution in [0.1, 0.15) is 5.56 Å². The zero-order chi connectivity index (χ0) is 19.6. The first-order chi connectivity index (χ1) is 12.8. The van der Waals surface area contributed by atoms with E-state index in [2.05, 4.69) is 31.7 Å². The SMILES string of the molecule is S=C(Nc1cc(Cl)cc(Cl)c1)Nc1nn(Cc2ccc(Cl)cc2Cl)cc1Br. The number of thiocarbonyl (C=S) groups is 1. The summed E-state index contributed by atoms with van der Waals surface area (Å²) in [6.07, 6.45) is 1.83. The molecule has 3 rings (SSSR count). The molecule has 0 aliphatic heterocycles. The average molecular weight is 525 g/mol. The van der Waals surface area contributed by atoms with Gasteiger partial charge in [0, 0.05) is 32.0 Å². The molecule has 0 aliphatic carbocycles. The predicted octanol–water partition coefficient (Wildman–Crippen LogP) is 7.12. The third-order valence-electron chi connectivity index (χ3n) is 3.42. The van der Waals surface area contributed by atoms with Crippen LogP contribution in [-0.2, 0) is 6.54 Å². The Bertz CT molecular complexity index is 988. The van der Waals surface area contributed by atoms with Gasteiger partial charge in [-0.05, 0) is 64.0 Å². The van der Waals surface area contributed by atoms with E-state index in [0.717, 1.165) is 10.0 Å². The Kier molecular flexibility index (Phi) is 6.89. The maximum absolute atomic E-state index is 6.22. The summed E-state index contributed by atoms with van der Waals surface area (Å²) in [7, 11) is 0. The molecular weight excluding hydrogens is 514 g/mol. The van der Waals surface area contributed by atoms with Crippen molar-refractivity contribution >= 4 is 91.2 Å². The number of hydrogen-bond acceptors (Lipinski definition) is 2. The Hall–Kier alpha value is -1.02. The quantitative estimate of drug-likeness (QED) is 0.357. The lowest BCUT2D eigenvalue weighted by Crippen LogP contribution is -2.19. The van der Waals surface area contributed by atoms with Crippen molar-refractivity contribution in [3.8, 4) is 0 Å². The molecule has 0 aliphatic rings. The van der Waals surface area contributed by atoms with Crippen molar-refractivity contribution in [3.05, 3.63) is 72.7 Å². The molecule has 2 aromatic carbocycles. The summed E-state index contributed by atoms with van der Waals surface area (Å²) in [6, 6.07) is 10.4. The van der Waals surface area contributed by atoms with Gasteiger partial charge in [-0.25, -0.2) is 0 Å². The largest absolute Gasteiger partial charge is 0.332 e. The first-order valence-electron chi connectivity index (χ1n) is 7.51. The van der Waals surface area contributed by atoms with Crippen LogP contribution >= 0.6 is 74.6 Å². The van der Waals surface area contributed by atoms with Crippen molar-refractivity contribution in [2.45, 2.75) is 6.54 Å². The van der Waals surface area contributed by atoms with E-state index in [1.54, 1.807) is 35.0 Å². The minimum Gasteiger partial charge on any atom is -0.332 e. The second kappa shape index (κ2) is 8.99. The molecule has 0 bridgehead atoms. The lowest BCUT2D eigenvalue weighted by molar-refractivity contribution is 0.690. The Morgan fingerprint density at radius 2 is 1.70 bits per heavy atom. The number of rotatable bonds is 4. The fraction of sp³-hybridized carbons (Fsp3) is 0.0588.